The van der Waals surface area contributed by atoms with Gasteiger partial charge in [-0.05, 0) is 0 Å². The first kappa shape index (κ1) is 10.5. The zero-order chi connectivity index (χ0) is 12.7. The highest BCUT2D eigenvalue weighted by molar-refractivity contribution is 5.94. The van der Waals surface area contributed by atoms with E-state index < -0.39 is 5.97 Å². The predicted molar refractivity (Wildman–Crippen MR) is 62.1 cm³/mol. The molecule has 0 bridgehead atoms. The molecule has 0 unspecified atom stereocenters. The molecule has 7 nitrogen and oxygen atoms in total. The standard InChI is InChI=1S/C11H9N5O2/c1-15-10(7(4-14-15)11(17)18)8-5-13-9-6-12-2-3-16(8)9/h2-6H,1H3,(H,17,18). The van der Waals surface area contributed by atoms with Crippen molar-refractivity contribution in [3.8, 4) is 11.4 Å². The van der Waals surface area contributed by atoms with E-state index in [1.54, 1.807) is 36.2 Å². The summed E-state index contributed by atoms with van der Waals surface area (Å²) in [5, 5.41) is 13.1. The van der Waals surface area contributed by atoms with Crippen molar-refractivity contribution in [1.82, 2.24) is 24.1 Å². The fourth-order valence-electron chi connectivity index (χ4n) is 1.92. The Kier molecular flexibility index (Phi) is 2.12. The lowest BCUT2D eigenvalue weighted by Crippen LogP contribution is -2.02. The molecule has 0 aliphatic heterocycles. The van der Waals surface area contributed by atoms with Crippen LogP contribution in [0.2, 0.25) is 0 Å². The molecular weight excluding hydrogens is 234 g/mol. The average Bonchev–Trinajstić information content (AvgIpc) is 2.92. The van der Waals surface area contributed by atoms with Crippen LogP contribution in [0.5, 0.6) is 0 Å². The number of rotatable bonds is 2. The van der Waals surface area contributed by atoms with Gasteiger partial charge in [-0.2, -0.15) is 5.10 Å². The minimum atomic E-state index is -1.01. The summed E-state index contributed by atoms with van der Waals surface area (Å²) in [6.45, 7) is 0. The molecule has 0 atom stereocenters. The van der Waals surface area contributed by atoms with Crippen LogP contribution in [0.25, 0.3) is 17.0 Å². The van der Waals surface area contributed by atoms with Gasteiger partial charge in [0.1, 0.15) is 11.3 Å². The second kappa shape index (κ2) is 3.66. The maximum atomic E-state index is 11.2. The lowest BCUT2D eigenvalue weighted by Gasteiger charge is -2.03. The molecule has 18 heavy (non-hydrogen) atoms. The van der Waals surface area contributed by atoms with E-state index in [0.717, 1.165) is 0 Å². The van der Waals surface area contributed by atoms with Crippen LogP contribution < -0.4 is 0 Å². The largest absolute Gasteiger partial charge is 0.478 e. The summed E-state index contributed by atoms with van der Waals surface area (Å²) in [5.41, 5.74) is 1.99. The van der Waals surface area contributed by atoms with Gasteiger partial charge in [-0.3, -0.25) is 14.1 Å². The van der Waals surface area contributed by atoms with Gasteiger partial charge in [-0.25, -0.2) is 9.78 Å². The molecular formula is C11H9N5O2. The normalized spacial score (nSPS) is 10.9. The minimum Gasteiger partial charge on any atom is -0.478 e. The van der Waals surface area contributed by atoms with Crippen molar-refractivity contribution in [3.63, 3.8) is 0 Å². The van der Waals surface area contributed by atoms with Crippen molar-refractivity contribution in [2.45, 2.75) is 0 Å². The van der Waals surface area contributed by atoms with E-state index in [9.17, 15) is 4.79 Å². The van der Waals surface area contributed by atoms with E-state index in [2.05, 4.69) is 15.1 Å². The van der Waals surface area contributed by atoms with E-state index in [4.69, 9.17) is 5.11 Å². The second-order valence-electron chi connectivity index (χ2n) is 3.78. The van der Waals surface area contributed by atoms with E-state index in [-0.39, 0.29) is 5.56 Å². The summed E-state index contributed by atoms with van der Waals surface area (Å²) >= 11 is 0. The lowest BCUT2D eigenvalue weighted by molar-refractivity contribution is 0.0697. The molecule has 0 aromatic carbocycles. The van der Waals surface area contributed by atoms with Crippen LogP contribution in [0.15, 0.2) is 31.0 Å². The Labute approximate surface area is 101 Å². The molecule has 3 heterocycles. The summed E-state index contributed by atoms with van der Waals surface area (Å²) in [6.07, 6.45) is 7.91. The summed E-state index contributed by atoms with van der Waals surface area (Å²) < 4.78 is 3.30. The predicted octanol–water partition coefficient (Wildman–Crippen LogP) is 0.828. The van der Waals surface area contributed by atoms with Crippen LogP contribution in [0.1, 0.15) is 10.4 Å². The van der Waals surface area contributed by atoms with Crippen molar-refractivity contribution in [1.29, 1.82) is 0 Å². The van der Waals surface area contributed by atoms with E-state index in [1.807, 2.05) is 0 Å². The van der Waals surface area contributed by atoms with Crippen LogP contribution >= 0.6 is 0 Å². The SMILES string of the molecule is Cn1ncc(C(=O)O)c1-c1cnc2cnccn12. The highest BCUT2D eigenvalue weighted by Gasteiger charge is 2.19. The Morgan fingerprint density at radius 1 is 1.33 bits per heavy atom. The maximum Gasteiger partial charge on any atom is 0.339 e. The number of hydrogen-bond acceptors (Lipinski definition) is 4. The molecule has 0 spiro atoms. The Hall–Kier alpha value is -2.70. The molecule has 0 fully saturated rings. The molecule has 3 aromatic heterocycles. The lowest BCUT2D eigenvalue weighted by atomic mass is 10.2. The van der Waals surface area contributed by atoms with E-state index in [0.29, 0.717) is 17.0 Å². The highest BCUT2D eigenvalue weighted by Crippen LogP contribution is 2.23. The van der Waals surface area contributed by atoms with Gasteiger partial charge in [0, 0.05) is 19.4 Å². The van der Waals surface area contributed by atoms with Crippen LogP contribution in [0, 0.1) is 0 Å². The number of fused-ring (bicyclic) bond motifs is 1. The Bertz CT molecular complexity index is 743. The number of carboxylic acid groups (broad SMARTS) is 1. The van der Waals surface area contributed by atoms with Gasteiger partial charge in [-0.15, -0.1) is 0 Å². The van der Waals surface area contributed by atoms with Crippen LogP contribution in [0.3, 0.4) is 0 Å². The molecule has 7 heteroatoms. The number of aromatic carboxylic acids is 1. The smallest absolute Gasteiger partial charge is 0.339 e. The fraction of sp³-hybridized carbons (Fsp3) is 0.0909. The molecule has 3 rings (SSSR count). The monoisotopic (exact) mass is 243 g/mol. The van der Waals surface area contributed by atoms with Crippen molar-refractivity contribution in [3.05, 3.63) is 36.5 Å². The number of imidazole rings is 1. The second-order valence-corrected chi connectivity index (χ2v) is 3.78. The van der Waals surface area contributed by atoms with Gasteiger partial charge in [-0.1, -0.05) is 0 Å². The van der Waals surface area contributed by atoms with Crippen molar-refractivity contribution in [2.75, 3.05) is 0 Å². The summed E-state index contributed by atoms with van der Waals surface area (Å²) in [5.74, 6) is -1.01. The first-order valence-electron chi connectivity index (χ1n) is 5.21. The van der Waals surface area contributed by atoms with Gasteiger partial charge >= 0.3 is 5.97 Å². The molecule has 1 N–H and O–H groups in total. The van der Waals surface area contributed by atoms with Gasteiger partial charge in [0.2, 0.25) is 0 Å². The average molecular weight is 243 g/mol. The number of hydrogen-bond donors (Lipinski definition) is 1. The van der Waals surface area contributed by atoms with Crippen molar-refractivity contribution in [2.24, 2.45) is 7.05 Å². The highest BCUT2D eigenvalue weighted by atomic mass is 16.4. The van der Waals surface area contributed by atoms with Crippen LogP contribution in [-0.4, -0.2) is 35.2 Å². The number of aryl methyl sites for hydroxylation is 1. The number of aromatic nitrogens is 5. The third kappa shape index (κ3) is 1.37. The third-order valence-corrected chi connectivity index (χ3v) is 2.73. The van der Waals surface area contributed by atoms with Crippen LogP contribution in [0.4, 0.5) is 0 Å². The van der Waals surface area contributed by atoms with Gasteiger partial charge in [0.15, 0.2) is 5.65 Å². The number of carboxylic acids is 1. The molecule has 0 aliphatic rings. The van der Waals surface area contributed by atoms with Crippen molar-refractivity contribution >= 4 is 11.6 Å². The molecule has 0 aliphatic carbocycles. The first-order chi connectivity index (χ1) is 8.68. The van der Waals surface area contributed by atoms with Gasteiger partial charge in [0.25, 0.3) is 0 Å². The van der Waals surface area contributed by atoms with Gasteiger partial charge < -0.3 is 5.11 Å². The summed E-state index contributed by atoms with van der Waals surface area (Å²) in [6, 6.07) is 0. The van der Waals surface area contributed by atoms with E-state index in [1.165, 1.54) is 10.9 Å². The number of carbonyl (C=O) groups is 1. The Morgan fingerprint density at radius 2 is 2.17 bits per heavy atom. The Morgan fingerprint density at radius 3 is 2.94 bits per heavy atom. The van der Waals surface area contributed by atoms with Gasteiger partial charge in [0.05, 0.1) is 24.3 Å². The molecule has 90 valence electrons. The van der Waals surface area contributed by atoms with Crippen molar-refractivity contribution < 1.29 is 9.90 Å². The molecule has 0 saturated heterocycles. The quantitative estimate of drug-likeness (QED) is 0.720. The minimum absolute atomic E-state index is 0.149. The summed E-state index contributed by atoms with van der Waals surface area (Å²) in [4.78, 5) is 19.3. The van der Waals surface area contributed by atoms with Crippen LogP contribution in [-0.2, 0) is 7.05 Å². The third-order valence-electron chi connectivity index (χ3n) is 2.73. The topological polar surface area (TPSA) is 85.3 Å². The maximum absolute atomic E-state index is 11.2. The molecule has 0 saturated carbocycles. The zero-order valence-corrected chi connectivity index (χ0v) is 9.48. The summed E-state index contributed by atoms with van der Waals surface area (Å²) in [7, 11) is 1.70. The fourth-order valence-corrected chi connectivity index (χ4v) is 1.92. The van der Waals surface area contributed by atoms with E-state index >= 15 is 0 Å². The number of nitrogens with zero attached hydrogens (tertiary/aromatic N) is 5. The first-order valence-corrected chi connectivity index (χ1v) is 5.21. The molecule has 0 amide bonds. The molecule has 3 aromatic rings. The zero-order valence-electron chi connectivity index (χ0n) is 9.48. The molecule has 0 radical (unpaired) electrons. The Balaban J connectivity index is 2.33.